The summed E-state index contributed by atoms with van der Waals surface area (Å²) in [6.45, 7) is 8.75. The minimum Gasteiger partial charge on any atom is -0.484 e. The van der Waals surface area contributed by atoms with Crippen LogP contribution in [0, 0.1) is 5.92 Å². The maximum atomic E-state index is 13.0. The molecule has 7 nitrogen and oxygen atoms in total. The lowest BCUT2D eigenvalue weighted by molar-refractivity contribution is -0.140. The molecule has 0 fully saturated rings. The van der Waals surface area contributed by atoms with E-state index in [1.165, 1.54) is 0 Å². The van der Waals surface area contributed by atoms with Gasteiger partial charge in [-0.15, -0.1) is 0 Å². The van der Waals surface area contributed by atoms with Crippen LogP contribution in [0.15, 0.2) is 65.9 Å². The molecule has 0 spiro atoms. The number of amides is 1. The molecule has 3 rings (SSSR count). The molecular weight excluding hydrogens is 450 g/mol. The predicted molar refractivity (Wildman–Crippen MR) is 136 cm³/mol. The average molecular weight is 482 g/mol. The van der Waals surface area contributed by atoms with Crippen molar-refractivity contribution >= 4 is 34.9 Å². The number of hydrogen-bond acceptors (Lipinski definition) is 5. The van der Waals surface area contributed by atoms with Crippen molar-refractivity contribution < 1.29 is 19.1 Å². The van der Waals surface area contributed by atoms with E-state index in [1.54, 1.807) is 24.3 Å². The van der Waals surface area contributed by atoms with E-state index in [0.717, 1.165) is 11.3 Å². The SMILES string of the molecule is CCN1C(=S)NC(c2ccc(NC(=O)COc3ccccc3)cc2)C(C(=O)OCC(C)C)=C1C. The number of nitrogens with zero attached hydrogens (tertiary/aromatic N) is 1. The van der Waals surface area contributed by atoms with Gasteiger partial charge < -0.3 is 25.0 Å². The zero-order chi connectivity index (χ0) is 24.7. The average Bonchev–Trinajstić information content (AvgIpc) is 2.82. The number of hydrogen-bond donors (Lipinski definition) is 2. The molecule has 1 heterocycles. The van der Waals surface area contributed by atoms with Gasteiger partial charge in [-0.3, -0.25) is 4.79 Å². The molecule has 0 radical (unpaired) electrons. The van der Waals surface area contributed by atoms with E-state index in [4.69, 9.17) is 21.7 Å². The number of nitrogens with one attached hydrogen (secondary N) is 2. The molecule has 0 aromatic heterocycles. The van der Waals surface area contributed by atoms with Crippen molar-refractivity contribution in [2.45, 2.75) is 33.7 Å². The van der Waals surface area contributed by atoms with Crippen LogP contribution >= 0.6 is 12.2 Å². The Balaban J connectivity index is 1.73. The molecule has 1 aliphatic heterocycles. The summed E-state index contributed by atoms with van der Waals surface area (Å²) in [5.41, 5.74) is 2.78. The largest absolute Gasteiger partial charge is 0.484 e. The Morgan fingerprint density at radius 1 is 1.12 bits per heavy atom. The van der Waals surface area contributed by atoms with Crippen LogP contribution in [-0.4, -0.2) is 41.6 Å². The fourth-order valence-electron chi connectivity index (χ4n) is 3.62. The molecule has 0 bridgehead atoms. The quantitative estimate of drug-likeness (QED) is 0.405. The summed E-state index contributed by atoms with van der Waals surface area (Å²) < 4.78 is 11.0. The first-order chi connectivity index (χ1) is 16.3. The van der Waals surface area contributed by atoms with E-state index < -0.39 is 6.04 Å². The molecule has 2 aromatic carbocycles. The van der Waals surface area contributed by atoms with Crippen molar-refractivity contribution in [2.24, 2.45) is 5.92 Å². The van der Waals surface area contributed by atoms with Crippen molar-refractivity contribution in [1.29, 1.82) is 0 Å². The lowest BCUT2D eigenvalue weighted by atomic mass is 9.94. The molecule has 0 aliphatic carbocycles. The van der Waals surface area contributed by atoms with Gasteiger partial charge in [0.25, 0.3) is 5.91 Å². The van der Waals surface area contributed by atoms with Crippen LogP contribution < -0.4 is 15.4 Å². The zero-order valence-corrected chi connectivity index (χ0v) is 20.8. The van der Waals surface area contributed by atoms with Crippen LogP contribution in [0.4, 0.5) is 5.69 Å². The van der Waals surface area contributed by atoms with E-state index in [2.05, 4.69) is 10.6 Å². The number of carbonyl (C=O) groups is 2. The third-order valence-electron chi connectivity index (χ3n) is 5.32. The molecule has 2 N–H and O–H groups in total. The molecule has 0 saturated carbocycles. The minimum absolute atomic E-state index is 0.0924. The first-order valence-electron chi connectivity index (χ1n) is 11.3. The van der Waals surface area contributed by atoms with E-state index in [9.17, 15) is 9.59 Å². The van der Waals surface area contributed by atoms with Gasteiger partial charge in [0.05, 0.1) is 18.2 Å². The molecule has 8 heteroatoms. The number of allylic oxidation sites excluding steroid dienone is 1. The van der Waals surface area contributed by atoms with E-state index >= 15 is 0 Å². The topological polar surface area (TPSA) is 79.9 Å². The predicted octanol–water partition coefficient (Wildman–Crippen LogP) is 4.43. The maximum absolute atomic E-state index is 13.0. The van der Waals surface area contributed by atoms with Gasteiger partial charge in [-0.1, -0.05) is 44.2 Å². The number of carbonyl (C=O) groups excluding carboxylic acids is 2. The summed E-state index contributed by atoms with van der Waals surface area (Å²) in [6, 6.07) is 16.0. The van der Waals surface area contributed by atoms with Gasteiger partial charge in [-0.2, -0.15) is 0 Å². The fourth-order valence-corrected chi connectivity index (χ4v) is 4.00. The summed E-state index contributed by atoms with van der Waals surface area (Å²) in [4.78, 5) is 27.1. The summed E-state index contributed by atoms with van der Waals surface area (Å²) in [7, 11) is 0. The molecule has 1 unspecified atom stereocenters. The van der Waals surface area contributed by atoms with Gasteiger partial charge in [-0.05, 0) is 61.8 Å². The van der Waals surface area contributed by atoms with Crippen molar-refractivity contribution in [2.75, 3.05) is 25.1 Å². The second kappa shape index (κ2) is 11.7. The lowest BCUT2D eigenvalue weighted by Gasteiger charge is -2.37. The van der Waals surface area contributed by atoms with Crippen LogP contribution in [0.1, 0.15) is 39.3 Å². The highest BCUT2D eigenvalue weighted by molar-refractivity contribution is 7.80. The highest BCUT2D eigenvalue weighted by atomic mass is 32.1. The second-order valence-electron chi connectivity index (χ2n) is 8.39. The number of para-hydroxylation sites is 1. The number of anilines is 1. The minimum atomic E-state index is -0.443. The third kappa shape index (κ3) is 6.35. The maximum Gasteiger partial charge on any atom is 0.338 e. The van der Waals surface area contributed by atoms with Gasteiger partial charge in [0, 0.05) is 17.9 Å². The van der Waals surface area contributed by atoms with Gasteiger partial charge in [0.1, 0.15) is 5.75 Å². The number of thiocarbonyl (C=S) groups is 1. The molecule has 1 aliphatic rings. The summed E-state index contributed by atoms with van der Waals surface area (Å²) in [5, 5.41) is 6.65. The first kappa shape index (κ1) is 25.2. The molecular formula is C26H31N3O4S. The Labute approximate surface area is 206 Å². The smallest absolute Gasteiger partial charge is 0.338 e. The Morgan fingerprint density at radius 2 is 1.79 bits per heavy atom. The van der Waals surface area contributed by atoms with Gasteiger partial charge in [0.15, 0.2) is 11.7 Å². The first-order valence-corrected chi connectivity index (χ1v) is 11.7. The standard InChI is InChI=1S/C26H31N3O4S/c1-5-29-18(4)23(25(31)33-15-17(2)3)24(28-26(29)34)19-11-13-20(14-12-19)27-22(30)16-32-21-9-7-6-8-10-21/h6-14,17,24H,5,15-16H2,1-4H3,(H,27,30)(H,28,34). The summed E-state index contributed by atoms with van der Waals surface area (Å²) in [6.07, 6.45) is 0. The van der Waals surface area contributed by atoms with E-state index in [-0.39, 0.29) is 24.4 Å². The molecule has 0 saturated heterocycles. The number of benzene rings is 2. The van der Waals surface area contributed by atoms with Gasteiger partial charge in [0.2, 0.25) is 0 Å². The summed E-state index contributed by atoms with van der Waals surface area (Å²) >= 11 is 5.54. The van der Waals surface area contributed by atoms with Crippen molar-refractivity contribution in [3.63, 3.8) is 0 Å². The van der Waals surface area contributed by atoms with Crippen molar-refractivity contribution in [3.05, 3.63) is 71.4 Å². The Kier molecular flexibility index (Phi) is 8.65. The van der Waals surface area contributed by atoms with Crippen LogP contribution in [-0.2, 0) is 14.3 Å². The highest BCUT2D eigenvalue weighted by Crippen LogP contribution is 2.32. The monoisotopic (exact) mass is 481 g/mol. The van der Waals surface area contributed by atoms with Crippen molar-refractivity contribution in [1.82, 2.24) is 10.2 Å². The number of esters is 1. The van der Waals surface area contributed by atoms with Crippen LogP contribution in [0.25, 0.3) is 0 Å². The van der Waals surface area contributed by atoms with Crippen LogP contribution in [0.3, 0.4) is 0 Å². The lowest BCUT2D eigenvalue weighted by Crippen LogP contribution is -2.47. The number of rotatable bonds is 9. The fraction of sp³-hybridized carbons (Fsp3) is 0.346. The van der Waals surface area contributed by atoms with Crippen molar-refractivity contribution in [3.8, 4) is 5.75 Å². The van der Waals surface area contributed by atoms with E-state index in [1.807, 2.05) is 62.9 Å². The Hall–Kier alpha value is -3.39. The van der Waals surface area contributed by atoms with Crippen LogP contribution in [0.2, 0.25) is 0 Å². The Morgan fingerprint density at radius 3 is 2.41 bits per heavy atom. The molecule has 2 aromatic rings. The normalized spacial score (nSPS) is 15.7. The van der Waals surface area contributed by atoms with E-state index in [0.29, 0.717) is 35.3 Å². The van der Waals surface area contributed by atoms with Gasteiger partial charge in [-0.25, -0.2) is 4.79 Å². The molecule has 1 amide bonds. The third-order valence-corrected chi connectivity index (χ3v) is 5.66. The molecule has 1 atom stereocenters. The number of ether oxygens (including phenoxy) is 2. The molecule has 180 valence electrons. The Bertz CT molecular complexity index is 1050. The highest BCUT2D eigenvalue weighted by Gasteiger charge is 2.34. The molecule has 34 heavy (non-hydrogen) atoms. The van der Waals surface area contributed by atoms with Crippen LogP contribution in [0.5, 0.6) is 5.75 Å². The van der Waals surface area contributed by atoms with Gasteiger partial charge >= 0.3 is 5.97 Å². The summed E-state index contributed by atoms with van der Waals surface area (Å²) in [5.74, 6) is 0.241. The zero-order valence-electron chi connectivity index (χ0n) is 20.0. The second-order valence-corrected chi connectivity index (χ2v) is 8.78.